The van der Waals surface area contributed by atoms with Crippen molar-refractivity contribution in [3.63, 3.8) is 0 Å². The largest absolute Gasteiger partial charge is 0.508 e. The third-order valence-electron chi connectivity index (χ3n) is 11.7. The Morgan fingerprint density at radius 3 is 2.55 bits per heavy atom. The molecule has 0 saturated carbocycles. The molecule has 3 aliphatic heterocycles. The number of fused-ring (bicyclic) bond motifs is 6. The van der Waals surface area contributed by atoms with E-state index in [1.54, 1.807) is 25.2 Å². The molecule has 60 heavy (non-hydrogen) atoms. The smallest absolute Gasteiger partial charge is 0.324 e. The quantitative estimate of drug-likeness (QED) is 0.179. The van der Waals surface area contributed by atoms with Gasteiger partial charge in [-0.3, -0.25) is 29.0 Å². The minimum atomic E-state index is -1.17. The van der Waals surface area contributed by atoms with Gasteiger partial charge in [-0.15, -0.1) is 11.6 Å². The Kier molecular flexibility index (Phi) is 12.5. The topological polar surface area (TPSA) is 177 Å². The van der Waals surface area contributed by atoms with E-state index < -0.39 is 41.8 Å². The van der Waals surface area contributed by atoms with Crippen LogP contribution in [0.25, 0.3) is 33.2 Å². The van der Waals surface area contributed by atoms with E-state index >= 15 is 0 Å². The number of nitriles is 1. The molecule has 2 fully saturated rings. The van der Waals surface area contributed by atoms with Gasteiger partial charge in [0.15, 0.2) is 0 Å². The summed E-state index contributed by atoms with van der Waals surface area (Å²) >= 11 is 5.70. The highest BCUT2D eigenvalue weighted by Gasteiger charge is 2.42. The summed E-state index contributed by atoms with van der Waals surface area (Å²) in [5.74, 6) is -3.26. The number of amides is 4. The number of halogens is 1. The van der Waals surface area contributed by atoms with Crippen molar-refractivity contribution in [2.24, 2.45) is 17.8 Å². The number of rotatable bonds is 7. The number of aromatic nitrogens is 1. The number of phenolic OH excluding ortho intramolecular Hbond substituents is 1. The molecule has 3 aromatic carbocycles. The zero-order valence-electron chi connectivity index (χ0n) is 34.2. The number of likely N-dealkylation sites (N-methyl/N-ethyl adjacent to an activating group) is 1. The number of aromatic hydroxyl groups is 1. The van der Waals surface area contributed by atoms with E-state index in [2.05, 4.69) is 21.4 Å². The first kappa shape index (κ1) is 42.2. The molecule has 15 heteroatoms. The number of carbonyl (C=O) groups is 5. The molecule has 0 spiro atoms. The van der Waals surface area contributed by atoms with Gasteiger partial charge in [0.05, 0.1) is 24.2 Å². The van der Waals surface area contributed by atoms with Crippen LogP contribution < -0.4 is 10.7 Å². The molecule has 6 bridgehead atoms. The lowest BCUT2D eigenvalue weighted by Gasteiger charge is -2.42. The van der Waals surface area contributed by atoms with Crippen LogP contribution in [0, 0.1) is 29.1 Å². The second-order valence-corrected chi connectivity index (χ2v) is 16.8. The molecule has 0 aliphatic carbocycles. The van der Waals surface area contributed by atoms with Crippen LogP contribution in [0.2, 0.25) is 0 Å². The number of ether oxygens (including phenoxy) is 1. The van der Waals surface area contributed by atoms with Crippen molar-refractivity contribution in [1.29, 1.82) is 5.26 Å². The van der Waals surface area contributed by atoms with Gasteiger partial charge in [0.25, 0.3) is 5.91 Å². The molecule has 4 heterocycles. The normalized spacial score (nSPS) is 20.4. The second-order valence-electron chi connectivity index (χ2n) is 16.6. The maximum Gasteiger partial charge on any atom is 0.324 e. The summed E-state index contributed by atoms with van der Waals surface area (Å²) in [6.45, 7) is 6.92. The number of hydrogen-bond donors (Lipinski definition) is 3. The van der Waals surface area contributed by atoms with E-state index in [4.69, 9.17) is 16.3 Å². The predicted octanol–water partition coefficient (Wildman–Crippen LogP) is 4.45. The van der Waals surface area contributed by atoms with Crippen LogP contribution in [0.15, 0.2) is 66.9 Å². The third kappa shape index (κ3) is 8.69. The van der Waals surface area contributed by atoms with Gasteiger partial charge in [-0.05, 0) is 59.7 Å². The molecule has 7 rings (SSSR count). The fourth-order valence-electron chi connectivity index (χ4n) is 8.59. The number of cyclic esters (lactones) is 1. The Morgan fingerprint density at radius 2 is 1.82 bits per heavy atom. The van der Waals surface area contributed by atoms with Crippen LogP contribution in [0.4, 0.5) is 0 Å². The molecule has 0 unspecified atom stereocenters. The first-order valence-electron chi connectivity index (χ1n) is 20.4. The average Bonchev–Trinajstić information content (AvgIpc) is 3.57. The molecule has 3 aliphatic rings. The van der Waals surface area contributed by atoms with Gasteiger partial charge in [0.2, 0.25) is 17.7 Å². The number of carbonyl (C=O) groups excluding carboxylic acids is 5. The molecular weight excluding hydrogens is 786 g/mol. The van der Waals surface area contributed by atoms with Gasteiger partial charge in [-0.2, -0.15) is 5.26 Å². The van der Waals surface area contributed by atoms with Gasteiger partial charge in [-0.1, -0.05) is 57.2 Å². The molecule has 14 nitrogen and oxygen atoms in total. The number of hydrazine groups is 1. The van der Waals surface area contributed by atoms with E-state index in [0.29, 0.717) is 36.1 Å². The van der Waals surface area contributed by atoms with Crippen molar-refractivity contribution >= 4 is 52.1 Å². The third-order valence-corrected chi connectivity index (χ3v) is 11.9. The number of nitrogens with zero attached hydrogens (tertiary/aromatic N) is 5. The molecular formula is C45H50ClN7O7. The predicted molar refractivity (Wildman–Crippen MR) is 225 cm³/mol. The standard InChI is InChI=1S/C45H50ClN7O7/c1-26(2)41(50(4)43(57)32-22-52(23-32)40(55)19-46)42(56)48-38-16-28-14-31(17-33(54)15-28)29-11-12-35-36(34-9-6-5-8-30(34)20-47)24-51(39(35)18-29)21-27(3)25-60-45(59)37-10-7-13-53(49-37)44(38)58/h5-6,8-9,11-12,14-15,17-18,24,26-27,32,37-38,41,49,54H,7,10,13,16,19,21-23,25H2,1-4H3,(H,48,56)/t27-,37-,38-,41-/m0/s1. The highest BCUT2D eigenvalue weighted by molar-refractivity contribution is 6.27. The summed E-state index contributed by atoms with van der Waals surface area (Å²) in [6, 6.07) is 17.9. The van der Waals surface area contributed by atoms with Gasteiger partial charge in [-0.25, -0.2) is 5.43 Å². The van der Waals surface area contributed by atoms with Crippen molar-refractivity contribution in [2.45, 2.75) is 64.7 Å². The fraction of sp³-hybridized carbons (Fsp3) is 0.422. The van der Waals surface area contributed by atoms with Crippen LogP contribution in [-0.4, -0.2) is 111 Å². The Bertz CT molecular complexity index is 2370. The molecule has 314 valence electrons. The fourth-order valence-corrected chi connectivity index (χ4v) is 8.76. The number of benzene rings is 3. The summed E-state index contributed by atoms with van der Waals surface area (Å²) in [4.78, 5) is 70.8. The Hall–Kier alpha value is -5.91. The number of alkyl halides is 1. The Labute approximate surface area is 354 Å². The number of hydrogen-bond acceptors (Lipinski definition) is 9. The minimum Gasteiger partial charge on any atom is -0.508 e. The van der Waals surface area contributed by atoms with Crippen molar-refractivity contribution in [3.05, 3.63) is 78.0 Å². The van der Waals surface area contributed by atoms with Crippen LogP contribution in [-0.2, 0) is 41.7 Å². The van der Waals surface area contributed by atoms with E-state index in [9.17, 15) is 34.3 Å². The Morgan fingerprint density at radius 1 is 1.05 bits per heavy atom. The van der Waals surface area contributed by atoms with Crippen LogP contribution in [0.5, 0.6) is 5.75 Å². The highest BCUT2D eigenvalue weighted by atomic mass is 35.5. The van der Waals surface area contributed by atoms with E-state index in [0.717, 1.165) is 27.6 Å². The van der Waals surface area contributed by atoms with Crippen molar-refractivity contribution in [1.82, 2.24) is 30.1 Å². The zero-order valence-corrected chi connectivity index (χ0v) is 34.9. The summed E-state index contributed by atoms with van der Waals surface area (Å²) in [7, 11) is 1.55. The molecule has 1 aromatic heterocycles. The molecule has 4 aromatic rings. The molecule has 0 radical (unpaired) electrons. The summed E-state index contributed by atoms with van der Waals surface area (Å²) in [5, 5.41) is 26.3. The molecule has 2 saturated heterocycles. The summed E-state index contributed by atoms with van der Waals surface area (Å²) in [5.41, 5.74) is 8.19. The van der Waals surface area contributed by atoms with Crippen molar-refractivity contribution < 1.29 is 33.8 Å². The first-order chi connectivity index (χ1) is 28.8. The number of phenols is 1. The van der Waals surface area contributed by atoms with Crippen molar-refractivity contribution in [3.8, 4) is 34.1 Å². The number of nitrogens with one attached hydrogen (secondary N) is 2. The molecule has 3 N–H and O–H groups in total. The molecule has 4 amide bonds. The monoisotopic (exact) mass is 835 g/mol. The van der Waals surface area contributed by atoms with Crippen LogP contribution in [0.1, 0.15) is 44.7 Å². The lowest BCUT2D eigenvalue weighted by molar-refractivity contribution is -0.154. The van der Waals surface area contributed by atoms with Gasteiger partial charge in [0.1, 0.15) is 29.8 Å². The van der Waals surface area contributed by atoms with Crippen LogP contribution >= 0.6 is 11.6 Å². The number of likely N-dealkylation sites (tertiary alicyclic amines) is 1. The highest BCUT2D eigenvalue weighted by Crippen LogP contribution is 2.37. The van der Waals surface area contributed by atoms with E-state index in [1.165, 1.54) is 14.8 Å². The van der Waals surface area contributed by atoms with Gasteiger partial charge in [0, 0.05) is 73.8 Å². The maximum absolute atomic E-state index is 14.5. The molecule has 4 atom stereocenters. The SMILES string of the molecule is CC(C)[C@@H](C(=O)N[C@H]1Cc2cc(O)cc(c2)-c2ccc3c(-c4ccccc4C#N)cn(c3c2)C[C@H](C)COC(=O)[C@@H]2CCCN(N2)C1=O)N(C)C(=O)C1CN(C(=O)CCl)C1. The Balaban J connectivity index is 1.25. The lowest BCUT2D eigenvalue weighted by Crippen LogP contribution is -2.63. The van der Waals surface area contributed by atoms with E-state index in [1.807, 2.05) is 69.4 Å². The number of esters is 1. The zero-order chi connectivity index (χ0) is 42.8. The van der Waals surface area contributed by atoms with Gasteiger partial charge >= 0.3 is 5.97 Å². The van der Waals surface area contributed by atoms with Crippen molar-refractivity contribution in [2.75, 3.05) is 39.2 Å². The average molecular weight is 836 g/mol. The van der Waals surface area contributed by atoms with Crippen LogP contribution in [0.3, 0.4) is 0 Å². The maximum atomic E-state index is 14.5. The second kappa shape index (κ2) is 17.7. The van der Waals surface area contributed by atoms with E-state index in [-0.39, 0.29) is 67.9 Å². The van der Waals surface area contributed by atoms with Gasteiger partial charge < -0.3 is 29.5 Å². The summed E-state index contributed by atoms with van der Waals surface area (Å²) < 4.78 is 7.95. The summed E-state index contributed by atoms with van der Waals surface area (Å²) in [6.07, 6.45) is 2.94. The first-order valence-corrected chi connectivity index (χ1v) is 20.9. The lowest BCUT2D eigenvalue weighted by atomic mass is 9.94. The minimum absolute atomic E-state index is 0.0227.